The molecular weight excluding hydrogens is 260 g/mol. The number of carbonyl (C=O) groups excluding carboxylic acids is 1. The van der Waals surface area contributed by atoms with Gasteiger partial charge in [0.1, 0.15) is 0 Å². The predicted molar refractivity (Wildman–Crippen MR) is 83.5 cm³/mol. The Hall–Kier alpha value is -0.280. The summed E-state index contributed by atoms with van der Waals surface area (Å²) in [6.45, 7) is 6.37. The Bertz CT molecular complexity index is 253. The van der Waals surface area contributed by atoms with Gasteiger partial charge in [0.05, 0.1) is 0 Å². The van der Waals surface area contributed by atoms with Crippen LogP contribution >= 0.6 is 12.4 Å². The zero-order valence-electron chi connectivity index (χ0n) is 12.7. The molecular formula is C15H31ClN2O. The van der Waals surface area contributed by atoms with Gasteiger partial charge in [-0.05, 0) is 32.1 Å². The Labute approximate surface area is 124 Å². The maximum atomic E-state index is 11.8. The van der Waals surface area contributed by atoms with Gasteiger partial charge in [0, 0.05) is 18.5 Å². The van der Waals surface area contributed by atoms with Crippen molar-refractivity contribution in [3.8, 4) is 0 Å². The van der Waals surface area contributed by atoms with Crippen LogP contribution in [0.4, 0.5) is 0 Å². The maximum Gasteiger partial charge on any atom is 0.220 e. The van der Waals surface area contributed by atoms with E-state index in [4.69, 9.17) is 5.73 Å². The fourth-order valence-electron chi connectivity index (χ4n) is 2.88. The molecule has 1 saturated carbocycles. The van der Waals surface area contributed by atoms with Crippen LogP contribution < -0.4 is 11.1 Å². The molecule has 0 radical (unpaired) electrons. The Kier molecular flexibility index (Phi) is 9.46. The van der Waals surface area contributed by atoms with Crippen LogP contribution in [0.5, 0.6) is 0 Å². The molecule has 0 aromatic carbocycles. The molecule has 1 aliphatic carbocycles. The van der Waals surface area contributed by atoms with Crippen LogP contribution in [0.25, 0.3) is 0 Å². The van der Waals surface area contributed by atoms with Crippen molar-refractivity contribution >= 4 is 18.3 Å². The van der Waals surface area contributed by atoms with Gasteiger partial charge in [-0.15, -0.1) is 12.4 Å². The van der Waals surface area contributed by atoms with Crippen molar-refractivity contribution in [3.63, 3.8) is 0 Å². The smallest absolute Gasteiger partial charge is 0.220 e. The number of hydrogen-bond donors (Lipinski definition) is 2. The lowest BCUT2D eigenvalue weighted by atomic mass is 9.78. The maximum absolute atomic E-state index is 11.8. The highest BCUT2D eigenvalue weighted by molar-refractivity contribution is 5.85. The third-order valence-electron chi connectivity index (χ3n) is 4.40. The van der Waals surface area contributed by atoms with Gasteiger partial charge in [-0.3, -0.25) is 4.79 Å². The second kappa shape index (κ2) is 9.60. The van der Waals surface area contributed by atoms with Gasteiger partial charge >= 0.3 is 0 Å². The lowest BCUT2D eigenvalue weighted by molar-refractivity contribution is -0.122. The summed E-state index contributed by atoms with van der Waals surface area (Å²) in [4.78, 5) is 11.8. The number of halogens is 1. The van der Waals surface area contributed by atoms with Crippen LogP contribution in [0.1, 0.15) is 65.7 Å². The van der Waals surface area contributed by atoms with Gasteiger partial charge in [0.15, 0.2) is 0 Å². The molecule has 4 heteroatoms. The summed E-state index contributed by atoms with van der Waals surface area (Å²) in [5.74, 6) is 1.54. The third kappa shape index (κ3) is 7.17. The van der Waals surface area contributed by atoms with E-state index in [2.05, 4.69) is 19.2 Å². The summed E-state index contributed by atoms with van der Waals surface area (Å²) in [6.07, 6.45) is 8.11. The molecule has 3 nitrogen and oxygen atoms in total. The number of carbonyl (C=O) groups is 1. The van der Waals surface area contributed by atoms with Crippen molar-refractivity contribution in [2.45, 2.75) is 77.8 Å². The Balaban J connectivity index is 0.00000324. The fraction of sp³-hybridized carbons (Fsp3) is 0.933. The number of rotatable bonds is 6. The second-order valence-corrected chi connectivity index (χ2v) is 6.13. The van der Waals surface area contributed by atoms with E-state index >= 15 is 0 Å². The van der Waals surface area contributed by atoms with Gasteiger partial charge in [0.2, 0.25) is 5.91 Å². The lowest BCUT2D eigenvalue weighted by Crippen LogP contribution is -2.40. The van der Waals surface area contributed by atoms with Crippen LogP contribution in [0.15, 0.2) is 0 Å². The average Bonchev–Trinajstić information content (AvgIpc) is 2.36. The molecule has 114 valence electrons. The molecule has 1 fully saturated rings. The van der Waals surface area contributed by atoms with Gasteiger partial charge in [0.25, 0.3) is 0 Å². The van der Waals surface area contributed by atoms with Crippen molar-refractivity contribution in [2.75, 3.05) is 0 Å². The molecule has 1 aliphatic rings. The van der Waals surface area contributed by atoms with Crippen molar-refractivity contribution in [3.05, 3.63) is 0 Å². The van der Waals surface area contributed by atoms with E-state index in [-0.39, 0.29) is 30.4 Å². The minimum Gasteiger partial charge on any atom is -0.353 e. The van der Waals surface area contributed by atoms with Gasteiger partial charge in [-0.25, -0.2) is 0 Å². The van der Waals surface area contributed by atoms with Gasteiger partial charge in [-0.2, -0.15) is 0 Å². The molecule has 0 spiro atoms. The number of nitrogens with one attached hydrogen (secondary N) is 1. The molecule has 0 aromatic rings. The largest absolute Gasteiger partial charge is 0.353 e. The molecule has 0 bridgehead atoms. The van der Waals surface area contributed by atoms with Crippen molar-refractivity contribution < 1.29 is 4.79 Å². The van der Waals surface area contributed by atoms with E-state index < -0.39 is 0 Å². The number of hydrogen-bond acceptors (Lipinski definition) is 2. The summed E-state index contributed by atoms with van der Waals surface area (Å²) < 4.78 is 0. The highest BCUT2D eigenvalue weighted by Gasteiger charge is 2.25. The van der Waals surface area contributed by atoms with E-state index in [1.165, 1.54) is 32.1 Å². The summed E-state index contributed by atoms with van der Waals surface area (Å²) in [5.41, 5.74) is 5.67. The zero-order chi connectivity index (χ0) is 13.5. The standard InChI is InChI=1S/C15H30N2O.ClH/c1-11(16)9-10-15(18)17-13(3)12(2)14-7-5-4-6-8-14;/h11-14H,4-10,16H2,1-3H3,(H,17,18);1H. The Morgan fingerprint density at radius 2 is 1.79 bits per heavy atom. The van der Waals surface area contributed by atoms with Crippen LogP contribution in [-0.4, -0.2) is 18.0 Å². The summed E-state index contributed by atoms with van der Waals surface area (Å²) in [5, 5.41) is 3.14. The highest BCUT2D eigenvalue weighted by Crippen LogP contribution is 2.31. The van der Waals surface area contributed by atoms with Crippen LogP contribution in [0.2, 0.25) is 0 Å². The molecule has 19 heavy (non-hydrogen) atoms. The molecule has 3 atom stereocenters. The topological polar surface area (TPSA) is 55.1 Å². The molecule has 3 unspecified atom stereocenters. The summed E-state index contributed by atoms with van der Waals surface area (Å²) in [7, 11) is 0. The minimum atomic E-state index is 0. The van der Waals surface area contributed by atoms with E-state index in [1.807, 2.05) is 6.92 Å². The highest BCUT2D eigenvalue weighted by atomic mass is 35.5. The monoisotopic (exact) mass is 290 g/mol. The first-order chi connectivity index (χ1) is 8.50. The average molecular weight is 291 g/mol. The third-order valence-corrected chi connectivity index (χ3v) is 4.40. The van der Waals surface area contributed by atoms with Crippen molar-refractivity contribution in [1.29, 1.82) is 0 Å². The first-order valence-electron chi connectivity index (χ1n) is 7.55. The Morgan fingerprint density at radius 3 is 2.32 bits per heavy atom. The molecule has 1 amide bonds. The first-order valence-corrected chi connectivity index (χ1v) is 7.55. The summed E-state index contributed by atoms with van der Waals surface area (Å²) in [6, 6.07) is 0.399. The van der Waals surface area contributed by atoms with E-state index in [9.17, 15) is 4.79 Å². The number of nitrogens with two attached hydrogens (primary N) is 1. The molecule has 0 saturated heterocycles. The molecule has 0 aromatic heterocycles. The Morgan fingerprint density at radius 1 is 1.21 bits per heavy atom. The first kappa shape index (κ1) is 18.7. The van der Waals surface area contributed by atoms with Crippen molar-refractivity contribution in [2.24, 2.45) is 17.6 Å². The van der Waals surface area contributed by atoms with Crippen LogP contribution in [0.3, 0.4) is 0 Å². The molecule has 0 heterocycles. The van der Waals surface area contributed by atoms with E-state index in [1.54, 1.807) is 0 Å². The lowest BCUT2D eigenvalue weighted by Gasteiger charge is -2.32. The second-order valence-electron chi connectivity index (χ2n) is 6.13. The van der Waals surface area contributed by atoms with Gasteiger partial charge in [-0.1, -0.05) is 39.0 Å². The van der Waals surface area contributed by atoms with Crippen LogP contribution in [-0.2, 0) is 4.79 Å². The molecule has 3 N–H and O–H groups in total. The van der Waals surface area contributed by atoms with Gasteiger partial charge < -0.3 is 11.1 Å². The van der Waals surface area contributed by atoms with E-state index in [0.29, 0.717) is 12.3 Å². The van der Waals surface area contributed by atoms with E-state index in [0.717, 1.165) is 12.3 Å². The normalized spacial score (nSPS) is 21.1. The summed E-state index contributed by atoms with van der Waals surface area (Å²) >= 11 is 0. The SMILES string of the molecule is CC(N)CCC(=O)NC(C)C(C)C1CCCCC1.Cl. The quantitative estimate of drug-likeness (QED) is 0.789. The predicted octanol–water partition coefficient (Wildman–Crippen LogP) is 3.26. The minimum absolute atomic E-state index is 0. The number of amides is 1. The zero-order valence-corrected chi connectivity index (χ0v) is 13.5. The van der Waals surface area contributed by atoms with Crippen LogP contribution in [0, 0.1) is 11.8 Å². The molecule has 1 rings (SSSR count). The fourth-order valence-corrected chi connectivity index (χ4v) is 2.88. The molecule has 0 aliphatic heterocycles. The van der Waals surface area contributed by atoms with Crippen molar-refractivity contribution in [1.82, 2.24) is 5.32 Å².